The van der Waals surface area contributed by atoms with Crippen LogP contribution < -0.4 is 14.5 Å². The van der Waals surface area contributed by atoms with Crippen molar-refractivity contribution in [3.63, 3.8) is 0 Å². The van der Waals surface area contributed by atoms with Gasteiger partial charge in [-0.2, -0.15) is 15.2 Å². The largest absolute Gasteiger partial charge is 0.462 e. The molecule has 10 heteroatoms. The van der Waals surface area contributed by atoms with Crippen molar-refractivity contribution < 1.29 is 14.3 Å². The summed E-state index contributed by atoms with van der Waals surface area (Å²) < 4.78 is 12.1. The van der Waals surface area contributed by atoms with Crippen molar-refractivity contribution in [2.45, 2.75) is 65.3 Å². The molecule has 10 nitrogen and oxygen atoms in total. The first kappa shape index (κ1) is 33.6. The monoisotopic (exact) mass is 673 g/mol. The van der Waals surface area contributed by atoms with Crippen LogP contribution in [-0.4, -0.2) is 84.3 Å². The number of piperazine rings is 1. The molecule has 4 aromatic rings. The third-order valence-corrected chi connectivity index (χ3v) is 10.5. The van der Waals surface area contributed by atoms with Gasteiger partial charge in [-0.3, -0.25) is 4.90 Å². The molecule has 7 rings (SSSR count). The number of carbonyl (C=O) groups is 1. The van der Waals surface area contributed by atoms with Crippen molar-refractivity contribution in [3.8, 4) is 12.1 Å². The van der Waals surface area contributed by atoms with Gasteiger partial charge in [-0.15, -0.1) is 0 Å². The quantitative estimate of drug-likeness (QED) is 0.212. The summed E-state index contributed by atoms with van der Waals surface area (Å²) in [6.45, 7) is 11.4. The molecule has 4 heterocycles. The number of benzene rings is 3. The molecule has 0 unspecified atom stereocenters. The first-order chi connectivity index (χ1) is 24.2. The van der Waals surface area contributed by atoms with Crippen LogP contribution in [0.25, 0.3) is 10.8 Å². The molecule has 0 spiro atoms. The minimum absolute atomic E-state index is 0.194. The first-order valence-electron chi connectivity index (χ1n) is 17.7. The van der Waals surface area contributed by atoms with Crippen LogP contribution in [0, 0.1) is 23.7 Å². The fraction of sp³-hybridized carbons (Fsp3) is 0.450. The number of aromatic nitrogens is 2. The highest BCUT2D eigenvalue weighted by molar-refractivity contribution is 5.97. The Bertz CT molecular complexity index is 1890. The lowest BCUT2D eigenvalue weighted by Gasteiger charge is -2.42. The Hall–Kier alpha value is -4.88. The van der Waals surface area contributed by atoms with E-state index in [1.54, 1.807) is 4.90 Å². The summed E-state index contributed by atoms with van der Waals surface area (Å²) in [6, 6.07) is 25.3. The van der Waals surface area contributed by atoms with Crippen LogP contribution in [0.1, 0.15) is 49.1 Å². The Labute approximate surface area is 295 Å². The number of rotatable bonds is 8. The molecule has 3 aromatic carbocycles. The topological polar surface area (TPSA) is 98.1 Å². The molecule has 3 aliphatic heterocycles. The van der Waals surface area contributed by atoms with Crippen LogP contribution >= 0.6 is 0 Å². The standard InChI is InChI=1S/C40H47N7O3/c1-28-10-8-13-30-14-9-15-35(36(28)30)45-19-17-33-34(24-45)42-38(49-26-32-22-40(2,3)27-44(32)4)43-37(33)46-20-21-47(31(23-46)16-18-41)39(48)50-25-29-11-6-5-7-12-29/h5-15,31-32H,16-17,19-27H2,1-4H3/t31-,32-/m0/s1. The van der Waals surface area contributed by atoms with Gasteiger partial charge < -0.3 is 24.2 Å². The molecule has 0 bridgehead atoms. The number of likely N-dealkylation sites (tertiary alicyclic amines) is 1. The summed E-state index contributed by atoms with van der Waals surface area (Å²) in [5, 5.41) is 12.3. The van der Waals surface area contributed by atoms with E-state index in [-0.39, 0.29) is 30.5 Å². The van der Waals surface area contributed by atoms with Crippen LogP contribution in [0.2, 0.25) is 0 Å². The number of amides is 1. The van der Waals surface area contributed by atoms with Gasteiger partial charge in [0.15, 0.2) is 0 Å². The lowest BCUT2D eigenvalue weighted by molar-refractivity contribution is 0.0767. The Kier molecular flexibility index (Phi) is 9.52. The number of fused-ring (bicyclic) bond motifs is 2. The van der Waals surface area contributed by atoms with E-state index in [2.05, 4.69) is 85.0 Å². The number of hydrogen-bond acceptors (Lipinski definition) is 9. The zero-order chi connectivity index (χ0) is 34.8. The van der Waals surface area contributed by atoms with E-state index in [4.69, 9.17) is 19.4 Å². The Morgan fingerprint density at radius 1 is 0.980 bits per heavy atom. The predicted octanol–water partition coefficient (Wildman–Crippen LogP) is 6.35. The van der Waals surface area contributed by atoms with Crippen LogP contribution in [0.3, 0.4) is 0 Å². The Balaban J connectivity index is 1.16. The van der Waals surface area contributed by atoms with Gasteiger partial charge in [0.2, 0.25) is 0 Å². The Morgan fingerprint density at radius 2 is 1.78 bits per heavy atom. The van der Waals surface area contributed by atoms with E-state index >= 15 is 0 Å². The number of carbonyl (C=O) groups excluding carboxylic acids is 1. The van der Waals surface area contributed by atoms with Crippen LogP contribution in [-0.2, 0) is 24.3 Å². The average molecular weight is 674 g/mol. The van der Waals surface area contributed by atoms with E-state index in [1.807, 2.05) is 30.3 Å². The Morgan fingerprint density at radius 3 is 2.54 bits per heavy atom. The highest BCUT2D eigenvalue weighted by Gasteiger charge is 2.37. The van der Waals surface area contributed by atoms with Gasteiger partial charge in [0.25, 0.3) is 0 Å². The summed E-state index contributed by atoms with van der Waals surface area (Å²) in [6.07, 6.45) is 1.63. The fourth-order valence-electron chi connectivity index (χ4n) is 8.08. The number of ether oxygens (including phenoxy) is 2. The van der Waals surface area contributed by atoms with Crippen LogP contribution in [0.5, 0.6) is 6.01 Å². The molecule has 0 radical (unpaired) electrons. The number of nitriles is 1. The molecule has 0 saturated carbocycles. The van der Waals surface area contributed by atoms with Crippen LogP contribution in [0.4, 0.5) is 16.3 Å². The second-order valence-electron chi connectivity index (χ2n) is 14.8. The number of hydrogen-bond donors (Lipinski definition) is 0. The van der Waals surface area contributed by atoms with Gasteiger partial charge in [-0.25, -0.2) is 4.79 Å². The molecule has 2 fully saturated rings. The van der Waals surface area contributed by atoms with Gasteiger partial charge in [-0.1, -0.05) is 74.5 Å². The molecule has 260 valence electrons. The number of nitrogens with zero attached hydrogens (tertiary/aromatic N) is 7. The second kappa shape index (κ2) is 14.2. The fourth-order valence-corrected chi connectivity index (χ4v) is 8.08. The average Bonchev–Trinajstić information content (AvgIpc) is 3.39. The molecule has 1 amide bonds. The summed E-state index contributed by atoms with van der Waals surface area (Å²) in [4.78, 5) is 32.1. The van der Waals surface area contributed by atoms with E-state index in [0.717, 1.165) is 48.6 Å². The minimum atomic E-state index is -0.396. The lowest BCUT2D eigenvalue weighted by Crippen LogP contribution is -2.55. The molecular formula is C40H47N7O3. The van der Waals surface area contributed by atoms with E-state index < -0.39 is 6.09 Å². The lowest BCUT2D eigenvalue weighted by atomic mass is 9.91. The summed E-state index contributed by atoms with van der Waals surface area (Å²) in [7, 11) is 2.16. The zero-order valence-corrected chi connectivity index (χ0v) is 29.6. The molecular weight excluding hydrogens is 626 g/mol. The molecule has 50 heavy (non-hydrogen) atoms. The maximum atomic E-state index is 13.3. The molecule has 0 N–H and O–H groups in total. The van der Waals surface area contributed by atoms with E-state index in [9.17, 15) is 10.1 Å². The van der Waals surface area contributed by atoms with Gasteiger partial charge in [0, 0.05) is 55.4 Å². The van der Waals surface area contributed by atoms with Crippen molar-refractivity contribution in [2.75, 3.05) is 56.2 Å². The van der Waals surface area contributed by atoms with E-state index in [1.165, 1.54) is 22.0 Å². The summed E-state index contributed by atoms with van der Waals surface area (Å²) in [5.74, 6) is 0.846. The minimum Gasteiger partial charge on any atom is -0.462 e. The molecule has 2 saturated heterocycles. The predicted molar refractivity (Wildman–Crippen MR) is 195 cm³/mol. The highest BCUT2D eigenvalue weighted by atomic mass is 16.6. The molecule has 3 aliphatic rings. The second-order valence-corrected chi connectivity index (χ2v) is 14.8. The van der Waals surface area contributed by atoms with Crippen molar-refractivity contribution in [1.82, 2.24) is 19.8 Å². The van der Waals surface area contributed by atoms with Gasteiger partial charge in [-0.05, 0) is 54.8 Å². The third-order valence-electron chi connectivity index (χ3n) is 10.5. The maximum Gasteiger partial charge on any atom is 0.410 e. The third kappa shape index (κ3) is 7.06. The van der Waals surface area contributed by atoms with Crippen molar-refractivity contribution >= 4 is 28.4 Å². The summed E-state index contributed by atoms with van der Waals surface area (Å²) >= 11 is 0. The smallest absolute Gasteiger partial charge is 0.410 e. The van der Waals surface area contributed by atoms with Gasteiger partial charge in [0.1, 0.15) is 19.0 Å². The number of anilines is 2. The SMILES string of the molecule is Cc1cccc2cccc(N3CCc4c(nc(OC[C@@H]5CC(C)(C)CN5C)nc4N4CCN(C(=O)OCc5ccccc5)[C@@H](CC#N)C4)C3)c12. The van der Waals surface area contributed by atoms with Gasteiger partial charge >= 0.3 is 12.1 Å². The maximum absolute atomic E-state index is 13.3. The first-order valence-corrected chi connectivity index (χ1v) is 17.7. The van der Waals surface area contributed by atoms with Gasteiger partial charge in [0.05, 0.1) is 30.8 Å². The molecule has 2 atom stereocenters. The van der Waals surface area contributed by atoms with Crippen molar-refractivity contribution in [3.05, 3.63) is 89.1 Å². The number of likely N-dealkylation sites (N-methyl/N-ethyl adjacent to an activating group) is 1. The van der Waals surface area contributed by atoms with Crippen molar-refractivity contribution in [2.24, 2.45) is 5.41 Å². The highest BCUT2D eigenvalue weighted by Crippen LogP contribution is 2.37. The van der Waals surface area contributed by atoms with Crippen molar-refractivity contribution in [1.29, 1.82) is 5.26 Å². The zero-order valence-electron chi connectivity index (χ0n) is 29.6. The molecule has 0 aliphatic carbocycles. The normalized spacial score (nSPS) is 20.4. The number of aryl methyl sites for hydroxylation is 1. The molecule has 1 aromatic heterocycles. The van der Waals surface area contributed by atoms with Crippen LogP contribution in [0.15, 0.2) is 66.7 Å². The summed E-state index contributed by atoms with van der Waals surface area (Å²) in [5.41, 5.74) is 5.70. The van der Waals surface area contributed by atoms with E-state index in [0.29, 0.717) is 38.8 Å².